The molecule has 0 spiro atoms. The van der Waals surface area contributed by atoms with Crippen LogP contribution in [-0.2, 0) is 11.2 Å². The Hall–Kier alpha value is -2.84. The van der Waals surface area contributed by atoms with Crippen molar-refractivity contribution in [3.05, 3.63) is 59.2 Å². The van der Waals surface area contributed by atoms with Gasteiger partial charge in [-0.3, -0.25) is 9.69 Å². The molecular formula is C25H31N3O2. The van der Waals surface area contributed by atoms with Crippen molar-refractivity contribution in [2.24, 2.45) is 0 Å². The molecular weight excluding hydrogens is 374 g/mol. The zero-order valence-corrected chi connectivity index (χ0v) is 18.2. The summed E-state index contributed by atoms with van der Waals surface area (Å²) in [5, 5.41) is 9.08. The molecule has 3 rings (SSSR count). The second-order valence-corrected chi connectivity index (χ2v) is 8.12. The van der Waals surface area contributed by atoms with Crippen LogP contribution in [0, 0.1) is 25.2 Å². The molecule has 1 atom stereocenters. The Morgan fingerprint density at radius 1 is 1.23 bits per heavy atom. The Bertz CT molecular complexity index is 899. The molecule has 0 saturated carbocycles. The molecule has 2 aromatic rings. The second kappa shape index (κ2) is 10.3. The van der Waals surface area contributed by atoms with Gasteiger partial charge in [0.1, 0.15) is 5.75 Å². The fourth-order valence-corrected chi connectivity index (χ4v) is 4.33. The van der Waals surface area contributed by atoms with Gasteiger partial charge in [0.05, 0.1) is 26.1 Å². The first-order valence-corrected chi connectivity index (χ1v) is 10.6. The molecule has 158 valence electrons. The van der Waals surface area contributed by atoms with Gasteiger partial charge in [0, 0.05) is 18.3 Å². The Morgan fingerprint density at radius 3 is 2.70 bits per heavy atom. The Balaban J connectivity index is 1.72. The van der Waals surface area contributed by atoms with Crippen molar-refractivity contribution in [2.75, 3.05) is 31.6 Å². The number of nitriles is 1. The van der Waals surface area contributed by atoms with Crippen LogP contribution in [0.5, 0.6) is 5.75 Å². The van der Waals surface area contributed by atoms with Crippen molar-refractivity contribution in [2.45, 2.75) is 45.6 Å². The van der Waals surface area contributed by atoms with Crippen LogP contribution in [-0.4, -0.2) is 43.6 Å². The number of hydrogen-bond donors (Lipinski definition) is 0. The van der Waals surface area contributed by atoms with E-state index in [-0.39, 0.29) is 5.91 Å². The molecule has 5 heteroatoms. The van der Waals surface area contributed by atoms with Crippen LogP contribution in [0.2, 0.25) is 0 Å². The standard InChI is InChI=1S/C25H31N3O2/c1-19-13-20(2)15-23(14-19)28(12-6-10-26)25(29)18-27-11-5-8-22(27)16-21-7-4-9-24(17-21)30-3/h4,7,9,13-15,17,22H,5-6,8,11-12,16,18H2,1-3H3. The van der Waals surface area contributed by atoms with Crippen molar-refractivity contribution in [3.63, 3.8) is 0 Å². The van der Waals surface area contributed by atoms with Crippen LogP contribution in [0.3, 0.4) is 0 Å². The number of benzene rings is 2. The van der Waals surface area contributed by atoms with Crippen molar-refractivity contribution in [1.29, 1.82) is 5.26 Å². The van der Waals surface area contributed by atoms with Crippen LogP contribution >= 0.6 is 0 Å². The lowest BCUT2D eigenvalue weighted by Gasteiger charge is -2.29. The maximum Gasteiger partial charge on any atom is 0.241 e. The van der Waals surface area contributed by atoms with Crippen LogP contribution < -0.4 is 9.64 Å². The normalized spacial score (nSPS) is 16.3. The van der Waals surface area contributed by atoms with Crippen molar-refractivity contribution in [3.8, 4) is 11.8 Å². The molecule has 1 heterocycles. The van der Waals surface area contributed by atoms with Gasteiger partial charge >= 0.3 is 0 Å². The fourth-order valence-electron chi connectivity index (χ4n) is 4.33. The van der Waals surface area contributed by atoms with Crippen molar-refractivity contribution in [1.82, 2.24) is 4.90 Å². The molecule has 0 radical (unpaired) electrons. The van der Waals surface area contributed by atoms with Crippen LogP contribution in [0.25, 0.3) is 0 Å². The smallest absolute Gasteiger partial charge is 0.241 e. The summed E-state index contributed by atoms with van der Waals surface area (Å²) in [5.74, 6) is 0.929. The molecule has 5 nitrogen and oxygen atoms in total. The van der Waals surface area contributed by atoms with Gasteiger partial charge in [0.2, 0.25) is 5.91 Å². The predicted octanol–water partition coefficient (Wildman–Crippen LogP) is 4.27. The number of rotatable bonds is 8. The highest BCUT2D eigenvalue weighted by molar-refractivity contribution is 5.95. The maximum absolute atomic E-state index is 13.3. The van der Waals surface area contributed by atoms with E-state index in [1.807, 2.05) is 38.1 Å². The number of amides is 1. The van der Waals surface area contributed by atoms with Gasteiger partial charge in [0.25, 0.3) is 0 Å². The Kier molecular flexibility index (Phi) is 7.48. The maximum atomic E-state index is 13.3. The lowest BCUT2D eigenvalue weighted by molar-refractivity contribution is -0.119. The average Bonchev–Trinajstić information content (AvgIpc) is 3.14. The number of carbonyl (C=O) groups excluding carboxylic acids is 1. The zero-order chi connectivity index (χ0) is 21.5. The van der Waals surface area contributed by atoms with Gasteiger partial charge in [-0.2, -0.15) is 5.26 Å². The molecule has 1 fully saturated rings. The Labute approximate surface area is 179 Å². The number of hydrogen-bond acceptors (Lipinski definition) is 4. The predicted molar refractivity (Wildman–Crippen MR) is 120 cm³/mol. The number of methoxy groups -OCH3 is 1. The minimum absolute atomic E-state index is 0.0628. The van der Waals surface area contributed by atoms with Gasteiger partial charge in [-0.15, -0.1) is 0 Å². The second-order valence-electron chi connectivity index (χ2n) is 8.12. The first-order chi connectivity index (χ1) is 14.5. The average molecular weight is 406 g/mol. The molecule has 1 aliphatic heterocycles. The number of ether oxygens (including phenoxy) is 1. The summed E-state index contributed by atoms with van der Waals surface area (Å²) in [6.07, 6.45) is 3.42. The first-order valence-electron chi connectivity index (χ1n) is 10.6. The third-order valence-corrected chi connectivity index (χ3v) is 5.71. The van der Waals surface area contributed by atoms with Gasteiger partial charge in [0.15, 0.2) is 0 Å². The van der Waals surface area contributed by atoms with E-state index in [1.54, 1.807) is 12.0 Å². The van der Waals surface area contributed by atoms with Crippen LogP contribution in [0.4, 0.5) is 5.69 Å². The number of nitrogens with zero attached hydrogens (tertiary/aromatic N) is 3. The molecule has 2 aromatic carbocycles. The summed E-state index contributed by atoms with van der Waals surface area (Å²) in [5.41, 5.74) is 4.36. The SMILES string of the molecule is COc1cccc(CC2CCCN2CC(=O)N(CCC#N)c2cc(C)cc(C)c2)c1. The summed E-state index contributed by atoms with van der Waals surface area (Å²) >= 11 is 0. The highest BCUT2D eigenvalue weighted by Crippen LogP contribution is 2.25. The quantitative estimate of drug-likeness (QED) is 0.658. The molecule has 0 N–H and O–H groups in total. The minimum atomic E-state index is 0.0628. The number of aryl methyl sites for hydroxylation is 2. The minimum Gasteiger partial charge on any atom is -0.497 e. The molecule has 1 amide bonds. The third-order valence-electron chi connectivity index (χ3n) is 5.71. The van der Waals surface area contributed by atoms with Crippen molar-refractivity contribution < 1.29 is 9.53 Å². The lowest BCUT2D eigenvalue weighted by atomic mass is 10.0. The van der Waals surface area contributed by atoms with E-state index in [0.29, 0.717) is 25.6 Å². The molecule has 0 bridgehead atoms. The van der Waals surface area contributed by atoms with Gasteiger partial charge in [-0.25, -0.2) is 0 Å². The number of anilines is 1. The van der Waals surface area contributed by atoms with Gasteiger partial charge < -0.3 is 9.64 Å². The first kappa shape index (κ1) is 21.9. The monoisotopic (exact) mass is 405 g/mol. The van der Waals surface area contributed by atoms with E-state index < -0.39 is 0 Å². The van der Waals surface area contributed by atoms with Crippen LogP contribution in [0.15, 0.2) is 42.5 Å². The van der Waals surface area contributed by atoms with E-state index in [9.17, 15) is 4.79 Å². The summed E-state index contributed by atoms with van der Waals surface area (Å²) < 4.78 is 5.35. The summed E-state index contributed by atoms with van der Waals surface area (Å²) in [7, 11) is 1.68. The van der Waals surface area contributed by atoms with Gasteiger partial charge in [-0.1, -0.05) is 18.2 Å². The molecule has 1 aliphatic rings. The topological polar surface area (TPSA) is 56.6 Å². The molecule has 1 saturated heterocycles. The molecule has 0 aromatic heterocycles. The van der Waals surface area contributed by atoms with Crippen LogP contribution in [0.1, 0.15) is 36.0 Å². The summed E-state index contributed by atoms with van der Waals surface area (Å²) in [6, 6.07) is 16.8. The molecule has 1 unspecified atom stereocenters. The zero-order valence-electron chi connectivity index (χ0n) is 18.2. The Morgan fingerprint density at radius 2 is 2.00 bits per heavy atom. The number of likely N-dealkylation sites (tertiary alicyclic amines) is 1. The number of carbonyl (C=O) groups is 1. The van der Waals surface area contributed by atoms with Gasteiger partial charge in [-0.05, 0) is 80.6 Å². The third kappa shape index (κ3) is 5.61. The van der Waals surface area contributed by atoms with E-state index >= 15 is 0 Å². The highest BCUT2D eigenvalue weighted by Gasteiger charge is 2.28. The largest absolute Gasteiger partial charge is 0.497 e. The molecule has 0 aliphatic carbocycles. The van der Waals surface area contributed by atoms with Crippen molar-refractivity contribution >= 4 is 11.6 Å². The van der Waals surface area contributed by atoms with E-state index in [0.717, 1.165) is 48.4 Å². The van der Waals surface area contributed by atoms with E-state index in [1.165, 1.54) is 5.56 Å². The fraction of sp³-hybridized carbons (Fsp3) is 0.440. The lowest BCUT2D eigenvalue weighted by Crippen LogP contribution is -2.43. The molecule has 30 heavy (non-hydrogen) atoms. The summed E-state index contributed by atoms with van der Waals surface area (Å²) in [4.78, 5) is 17.4. The van der Waals surface area contributed by atoms with E-state index in [2.05, 4.69) is 29.2 Å². The van der Waals surface area contributed by atoms with E-state index in [4.69, 9.17) is 10.00 Å². The summed E-state index contributed by atoms with van der Waals surface area (Å²) in [6.45, 7) is 5.81. The highest BCUT2D eigenvalue weighted by atomic mass is 16.5.